The molecule has 7 nitrogen and oxygen atoms in total. The molecule has 140 valence electrons. The summed E-state index contributed by atoms with van der Waals surface area (Å²) in [4.78, 5) is 17.7. The van der Waals surface area contributed by atoms with E-state index in [-0.39, 0.29) is 42.7 Å². The molecule has 2 rings (SSSR count). The number of guanidine groups is 1. The number of hydrogen-bond acceptors (Lipinski definition) is 4. The Morgan fingerprint density at radius 1 is 1.36 bits per heavy atom. The molecule has 0 atom stereocenters. The average Bonchev–Trinajstić information content (AvgIpc) is 2.61. The maximum absolute atomic E-state index is 11.7. The molecule has 8 heteroatoms. The van der Waals surface area contributed by atoms with E-state index in [0.29, 0.717) is 32.2 Å². The third kappa shape index (κ3) is 6.69. The summed E-state index contributed by atoms with van der Waals surface area (Å²) < 4.78 is 5.00. The van der Waals surface area contributed by atoms with Crippen LogP contribution in [0.5, 0.6) is 0 Å². The van der Waals surface area contributed by atoms with Crippen LogP contribution in [0.4, 0.5) is 4.79 Å². The smallest absolute Gasteiger partial charge is 0.409 e. The molecule has 1 fully saturated rings. The Bertz CT molecular complexity index is 575. The van der Waals surface area contributed by atoms with Crippen molar-refractivity contribution in [3.63, 3.8) is 0 Å². The number of carbonyl (C=O) groups excluding carboxylic acids is 1. The van der Waals surface area contributed by atoms with E-state index in [9.17, 15) is 9.90 Å². The van der Waals surface area contributed by atoms with Crippen molar-refractivity contribution in [2.24, 2.45) is 10.7 Å². The van der Waals surface area contributed by atoms with Crippen molar-refractivity contribution in [1.82, 2.24) is 10.2 Å². The number of amides is 1. The molecule has 0 saturated carbocycles. The highest BCUT2D eigenvalue weighted by molar-refractivity contribution is 14.0. The minimum atomic E-state index is -0.252. The zero-order valence-corrected chi connectivity index (χ0v) is 16.8. The second-order valence-corrected chi connectivity index (χ2v) is 5.73. The topological polar surface area (TPSA) is 100 Å². The molecule has 1 aliphatic heterocycles. The first kappa shape index (κ1) is 21.5. The molecule has 4 N–H and O–H groups in total. The van der Waals surface area contributed by atoms with Gasteiger partial charge in [-0.2, -0.15) is 0 Å². The Morgan fingerprint density at radius 3 is 2.60 bits per heavy atom. The summed E-state index contributed by atoms with van der Waals surface area (Å²) in [7, 11) is 0. The first-order chi connectivity index (χ1) is 11.6. The predicted molar refractivity (Wildman–Crippen MR) is 108 cm³/mol. The van der Waals surface area contributed by atoms with Gasteiger partial charge in [-0.05, 0) is 30.9 Å². The summed E-state index contributed by atoms with van der Waals surface area (Å²) in [6, 6.07) is 7.81. The van der Waals surface area contributed by atoms with Gasteiger partial charge >= 0.3 is 6.09 Å². The number of carbonyl (C=O) groups is 1. The second-order valence-electron chi connectivity index (χ2n) is 5.73. The number of nitrogens with one attached hydrogen (secondary N) is 1. The molecule has 1 amide bonds. The maximum Gasteiger partial charge on any atom is 0.409 e. The number of benzene rings is 1. The van der Waals surface area contributed by atoms with Gasteiger partial charge in [0.25, 0.3) is 0 Å². The predicted octanol–water partition coefficient (Wildman–Crippen LogP) is 1.82. The molecule has 0 aliphatic carbocycles. The minimum Gasteiger partial charge on any atom is -0.450 e. The third-order valence-corrected chi connectivity index (χ3v) is 4.08. The summed E-state index contributed by atoms with van der Waals surface area (Å²) in [5.41, 5.74) is 7.78. The number of aliphatic hydroxyl groups is 1. The van der Waals surface area contributed by atoms with Gasteiger partial charge in [0, 0.05) is 19.1 Å². The van der Waals surface area contributed by atoms with E-state index in [4.69, 9.17) is 10.5 Å². The van der Waals surface area contributed by atoms with Crippen LogP contribution >= 0.6 is 24.0 Å². The fourth-order valence-corrected chi connectivity index (χ4v) is 2.71. The summed E-state index contributed by atoms with van der Waals surface area (Å²) in [5, 5.41) is 12.5. The second kappa shape index (κ2) is 11.1. The first-order valence-corrected chi connectivity index (χ1v) is 8.29. The number of rotatable bonds is 5. The number of piperidine rings is 1. The van der Waals surface area contributed by atoms with E-state index < -0.39 is 0 Å². The van der Waals surface area contributed by atoms with Crippen LogP contribution in [0.15, 0.2) is 29.3 Å². The third-order valence-electron chi connectivity index (χ3n) is 4.08. The van der Waals surface area contributed by atoms with Crippen molar-refractivity contribution >= 4 is 36.0 Å². The lowest BCUT2D eigenvalue weighted by molar-refractivity contribution is 0.0963. The van der Waals surface area contributed by atoms with E-state index >= 15 is 0 Å². The molecular formula is C17H27IN4O3. The van der Waals surface area contributed by atoms with E-state index in [1.54, 1.807) is 11.8 Å². The summed E-state index contributed by atoms with van der Waals surface area (Å²) in [6.07, 6.45) is 1.36. The number of hydrogen-bond donors (Lipinski definition) is 3. The monoisotopic (exact) mass is 462 g/mol. The van der Waals surface area contributed by atoms with E-state index in [1.807, 2.05) is 24.3 Å². The van der Waals surface area contributed by atoms with Crippen LogP contribution in [0.25, 0.3) is 0 Å². The number of aliphatic imine (C=N–C) groups is 1. The molecule has 0 aromatic heterocycles. The van der Waals surface area contributed by atoms with Crippen LogP contribution in [-0.2, 0) is 17.9 Å². The van der Waals surface area contributed by atoms with Gasteiger partial charge in [-0.25, -0.2) is 9.79 Å². The van der Waals surface area contributed by atoms with Gasteiger partial charge in [0.2, 0.25) is 0 Å². The molecular weight excluding hydrogens is 435 g/mol. The van der Waals surface area contributed by atoms with Crippen molar-refractivity contribution in [3.8, 4) is 0 Å². The van der Waals surface area contributed by atoms with Crippen LogP contribution < -0.4 is 11.1 Å². The fraction of sp³-hybridized carbons (Fsp3) is 0.529. The lowest BCUT2D eigenvalue weighted by Crippen LogP contribution is -2.48. The highest BCUT2D eigenvalue weighted by Gasteiger charge is 2.23. The van der Waals surface area contributed by atoms with Crippen LogP contribution in [0, 0.1) is 0 Å². The molecule has 1 aliphatic rings. The SMILES string of the molecule is CCOC(=O)N1CCC(NC(N)=NCc2ccccc2CO)CC1.I. The Hall–Kier alpha value is -1.55. The van der Waals surface area contributed by atoms with Crippen molar-refractivity contribution < 1.29 is 14.6 Å². The quantitative estimate of drug-likeness (QED) is 0.352. The fourth-order valence-electron chi connectivity index (χ4n) is 2.71. The normalized spacial score (nSPS) is 15.4. The van der Waals surface area contributed by atoms with Crippen LogP contribution in [0.2, 0.25) is 0 Å². The Balaban J connectivity index is 0.00000312. The van der Waals surface area contributed by atoms with Crippen molar-refractivity contribution in [2.75, 3.05) is 19.7 Å². The Morgan fingerprint density at radius 2 is 2.00 bits per heavy atom. The molecule has 0 bridgehead atoms. The number of nitrogens with two attached hydrogens (primary N) is 1. The zero-order valence-electron chi connectivity index (χ0n) is 14.5. The van der Waals surface area contributed by atoms with Gasteiger partial charge in [-0.1, -0.05) is 24.3 Å². The number of likely N-dealkylation sites (tertiary alicyclic amines) is 1. The lowest BCUT2D eigenvalue weighted by atomic mass is 10.1. The van der Waals surface area contributed by atoms with Crippen LogP contribution in [-0.4, -0.2) is 47.8 Å². The maximum atomic E-state index is 11.7. The first-order valence-electron chi connectivity index (χ1n) is 8.29. The molecule has 0 unspecified atom stereocenters. The van der Waals surface area contributed by atoms with Gasteiger partial charge in [0.15, 0.2) is 5.96 Å². The molecule has 25 heavy (non-hydrogen) atoms. The van der Waals surface area contributed by atoms with Crippen LogP contribution in [0.3, 0.4) is 0 Å². The highest BCUT2D eigenvalue weighted by atomic mass is 127. The van der Waals surface area contributed by atoms with E-state index in [0.717, 1.165) is 24.0 Å². The Labute approximate surface area is 165 Å². The highest BCUT2D eigenvalue weighted by Crippen LogP contribution is 2.12. The summed E-state index contributed by atoms with van der Waals surface area (Å²) in [5.74, 6) is 0.386. The molecule has 0 radical (unpaired) electrons. The van der Waals surface area contributed by atoms with Gasteiger partial charge in [0.1, 0.15) is 0 Å². The van der Waals surface area contributed by atoms with E-state index in [1.165, 1.54) is 0 Å². The van der Waals surface area contributed by atoms with Gasteiger partial charge in [-0.15, -0.1) is 24.0 Å². The lowest BCUT2D eigenvalue weighted by Gasteiger charge is -2.31. The summed E-state index contributed by atoms with van der Waals surface area (Å²) >= 11 is 0. The summed E-state index contributed by atoms with van der Waals surface area (Å²) in [6.45, 7) is 3.92. The molecule has 1 aromatic rings. The van der Waals surface area contributed by atoms with Gasteiger partial charge in [0.05, 0.1) is 19.8 Å². The van der Waals surface area contributed by atoms with E-state index in [2.05, 4.69) is 10.3 Å². The minimum absolute atomic E-state index is 0. The number of halogens is 1. The number of nitrogens with zero attached hydrogens (tertiary/aromatic N) is 2. The van der Waals surface area contributed by atoms with Gasteiger partial charge in [-0.3, -0.25) is 0 Å². The zero-order chi connectivity index (χ0) is 17.4. The van der Waals surface area contributed by atoms with Crippen LogP contribution in [0.1, 0.15) is 30.9 Å². The average molecular weight is 462 g/mol. The Kier molecular flexibility index (Phi) is 9.58. The molecule has 0 spiro atoms. The van der Waals surface area contributed by atoms with Crippen molar-refractivity contribution in [2.45, 2.75) is 39.0 Å². The standard InChI is InChI=1S/C17H26N4O3.HI/c1-2-24-17(23)21-9-7-15(8-10-21)20-16(18)19-11-13-5-3-4-6-14(13)12-22;/h3-6,15,22H,2,7-12H2,1H3,(H3,18,19,20);1H. The van der Waals surface area contributed by atoms with Crippen molar-refractivity contribution in [3.05, 3.63) is 35.4 Å². The molecule has 1 heterocycles. The molecule has 1 aromatic carbocycles. The number of ether oxygens (including phenoxy) is 1. The molecule has 1 saturated heterocycles. The van der Waals surface area contributed by atoms with Gasteiger partial charge < -0.3 is 25.8 Å². The largest absolute Gasteiger partial charge is 0.450 e. The number of aliphatic hydroxyl groups excluding tert-OH is 1. The van der Waals surface area contributed by atoms with Crippen molar-refractivity contribution in [1.29, 1.82) is 0 Å².